The Hall–Kier alpha value is -3.21. The summed E-state index contributed by atoms with van der Waals surface area (Å²) >= 11 is 6.48. The number of carbonyl (C=O) groups is 4. The van der Waals surface area contributed by atoms with E-state index >= 15 is 0 Å². The molecule has 10 nitrogen and oxygen atoms in total. The van der Waals surface area contributed by atoms with Gasteiger partial charge in [-0.2, -0.15) is 0 Å². The number of aliphatic hydroxyl groups excluding tert-OH is 1. The third kappa shape index (κ3) is 6.11. The maximum absolute atomic E-state index is 14.4. The molecule has 0 aliphatic carbocycles. The number of esters is 1. The van der Waals surface area contributed by atoms with Crippen LogP contribution in [-0.2, 0) is 28.7 Å². The second kappa shape index (κ2) is 13.8. The largest absolute Gasteiger partial charge is 0.460 e. The average Bonchev–Trinajstić information content (AvgIpc) is 3.61. The molecule has 0 radical (unpaired) electrons. The van der Waals surface area contributed by atoms with E-state index < -0.39 is 41.7 Å². The van der Waals surface area contributed by atoms with Gasteiger partial charge in [-0.1, -0.05) is 35.9 Å². The van der Waals surface area contributed by atoms with E-state index in [1.165, 1.54) is 9.80 Å². The fourth-order valence-electron chi connectivity index (χ4n) is 6.49. The summed E-state index contributed by atoms with van der Waals surface area (Å²) in [6, 6.07) is 5.97. The number of fused-ring (bicyclic) bond motifs is 1. The van der Waals surface area contributed by atoms with E-state index in [0.717, 1.165) is 0 Å². The van der Waals surface area contributed by atoms with Gasteiger partial charge in [0.1, 0.15) is 17.7 Å². The minimum absolute atomic E-state index is 0.0486. The molecule has 2 bridgehead atoms. The fourth-order valence-corrected chi connectivity index (χ4v) is 6.72. The molecule has 2 N–H and O–H groups in total. The molecule has 3 saturated heterocycles. The number of carbonyl (C=O) groups excluding carboxylic acids is 4. The van der Waals surface area contributed by atoms with E-state index in [1.54, 1.807) is 43.3 Å². The Morgan fingerprint density at radius 1 is 1.29 bits per heavy atom. The lowest BCUT2D eigenvalue weighted by Gasteiger charge is -2.37. The number of aliphatic hydroxyl groups is 1. The highest BCUT2D eigenvalue weighted by molar-refractivity contribution is 6.34. The molecule has 3 fully saturated rings. The van der Waals surface area contributed by atoms with E-state index in [4.69, 9.17) is 21.1 Å². The van der Waals surface area contributed by atoms with Crippen molar-refractivity contribution in [3.63, 3.8) is 0 Å². The smallest absolute Gasteiger partial charge is 0.312 e. The van der Waals surface area contributed by atoms with Crippen molar-refractivity contribution in [2.75, 3.05) is 31.1 Å². The fraction of sp³-hybridized carbons (Fsp3) is 0.548. The lowest BCUT2D eigenvalue weighted by Crippen LogP contribution is -2.56. The van der Waals surface area contributed by atoms with Crippen molar-refractivity contribution in [1.82, 2.24) is 10.2 Å². The number of hydrogen-bond donors (Lipinski definition) is 2. The van der Waals surface area contributed by atoms with Crippen LogP contribution in [0.2, 0.25) is 5.02 Å². The number of benzene rings is 1. The Balaban J connectivity index is 1.60. The molecule has 4 rings (SSSR count). The summed E-state index contributed by atoms with van der Waals surface area (Å²) in [5, 5.41) is 12.5. The zero-order valence-electron chi connectivity index (χ0n) is 24.0. The van der Waals surface area contributed by atoms with Gasteiger partial charge in [0.15, 0.2) is 0 Å². The molecule has 6 atom stereocenters. The highest BCUT2D eigenvalue weighted by Crippen LogP contribution is 2.59. The summed E-state index contributed by atoms with van der Waals surface area (Å²) in [6.07, 6.45) is 4.75. The SMILES string of the molecule is C=CCCC(=O)NC[C@H](C)OC(=O)[C@@H]1[C@H]2C(=O)N(CCCCO)[C@H](C(=O)N(CC=C)c3ccccc3Cl)[C@]23CC[C@H]1O3. The van der Waals surface area contributed by atoms with Crippen LogP contribution in [0.15, 0.2) is 49.6 Å². The van der Waals surface area contributed by atoms with Crippen LogP contribution in [0.25, 0.3) is 0 Å². The zero-order chi connectivity index (χ0) is 30.4. The number of allylic oxidation sites excluding steroid dienone is 1. The molecular formula is C31H40ClN3O7. The van der Waals surface area contributed by atoms with Gasteiger partial charge in [0.2, 0.25) is 11.8 Å². The van der Waals surface area contributed by atoms with Gasteiger partial charge in [-0.25, -0.2) is 0 Å². The van der Waals surface area contributed by atoms with E-state index in [2.05, 4.69) is 18.5 Å². The van der Waals surface area contributed by atoms with Crippen LogP contribution in [0.1, 0.15) is 45.4 Å². The summed E-state index contributed by atoms with van der Waals surface area (Å²) < 4.78 is 12.2. The third-order valence-electron chi connectivity index (χ3n) is 8.31. The maximum atomic E-state index is 14.4. The maximum Gasteiger partial charge on any atom is 0.312 e. The van der Waals surface area contributed by atoms with Crippen LogP contribution < -0.4 is 10.2 Å². The van der Waals surface area contributed by atoms with Crippen molar-refractivity contribution in [1.29, 1.82) is 0 Å². The minimum atomic E-state index is -1.20. The van der Waals surface area contributed by atoms with Crippen LogP contribution in [0.3, 0.4) is 0 Å². The number of ether oxygens (including phenoxy) is 2. The summed E-state index contributed by atoms with van der Waals surface area (Å²) in [5.41, 5.74) is -0.719. The number of halogens is 1. The number of anilines is 1. The van der Waals surface area contributed by atoms with E-state index in [9.17, 15) is 24.3 Å². The predicted octanol–water partition coefficient (Wildman–Crippen LogP) is 3.02. The van der Waals surface area contributed by atoms with Gasteiger partial charge in [-0.15, -0.1) is 13.2 Å². The number of likely N-dealkylation sites (tertiary alicyclic amines) is 1. The molecule has 3 aliphatic heterocycles. The van der Waals surface area contributed by atoms with Crippen molar-refractivity contribution < 1.29 is 33.8 Å². The molecule has 3 amide bonds. The first kappa shape index (κ1) is 31.7. The Morgan fingerprint density at radius 2 is 2.05 bits per heavy atom. The second-order valence-electron chi connectivity index (χ2n) is 11.1. The molecule has 3 heterocycles. The van der Waals surface area contributed by atoms with Gasteiger partial charge < -0.3 is 29.7 Å². The molecule has 11 heteroatoms. The van der Waals surface area contributed by atoms with Gasteiger partial charge in [-0.3, -0.25) is 19.2 Å². The quantitative estimate of drug-likeness (QED) is 0.180. The Bertz CT molecular complexity index is 1210. The topological polar surface area (TPSA) is 125 Å². The molecule has 1 aromatic rings. The molecule has 0 aromatic heterocycles. The number of nitrogens with one attached hydrogen (secondary N) is 1. The average molecular weight is 602 g/mol. The van der Waals surface area contributed by atoms with Crippen molar-refractivity contribution in [2.45, 2.75) is 69.3 Å². The highest BCUT2D eigenvalue weighted by Gasteiger charge is 2.75. The first-order valence-corrected chi connectivity index (χ1v) is 14.9. The van der Waals surface area contributed by atoms with Gasteiger partial charge in [0.05, 0.1) is 35.2 Å². The van der Waals surface area contributed by atoms with Crippen molar-refractivity contribution in [2.24, 2.45) is 11.8 Å². The zero-order valence-corrected chi connectivity index (χ0v) is 24.8. The van der Waals surface area contributed by atoms with E-state index in [-0.39, 0.29) is 44.0 Å². The summed E-state index contributed by atoms with van der Waals surface area (Å²) in [4.78, 5) is 57.0. The summed E-state index contributed by atoms with van der Waals surface area (Å²) in [7, 11) is 0. The lowest BCUT2D eigenvalue weighted by molar-refractivity contribution is -0.159. The molecule has 0 saturated carbocycles. The number of para-hydroxylation sites is 1. The number of nitrogens with zero attached hydrogens (tertiary/aromatic N) is 2. The molecule has 3 aliphatic rings. The van der Waals surface area contributed by atoms with Crippen LogP contribution in [-0.4, -0.2) is 83.8 Å². The van der Waals surface area contributed by atoms with Crippen molar-refractivity contribution in [3.8, 4) is 0 Å². The molecule has 42 heavy (non-hydrogen) atoms. The Morgan fingerprint density at radius 3 is 2.74 bits per heavy atom. The lowest BCUT2D eigenvalue weighted by atomic mass is 9.70. The summed E-state index contributed by atoms with van der Waals surface area (Å²) in [5.74, 6) is -3.22. The minimum Gasteiger partial charge on any atom is -0.460 e. The number of hydrogen-bond acceptors (Lipinski definition) is 7. The first-order chi connectivity index (χ1) is 20.2. The second-order valence-corrected chi connectivity index (χ2v) is 11.5. The van der Waals surface area contributed by atoms with Crippen molar-refractivity contribution in [3.05, 3.63) is 54.6 Å². The molecule has 1 aromatic carbocycles. The molecule has 0 unspecified atom stereocenters. The number of rotatable bonds is 15. The van der Waals surface area contributed by atoms with Gasteiger partial charge in [0, 0.05) is 26.1 Å². The van der Waals surface area contributed by atoms with Crippen molar-refractivity contribution >= 4 is 41.0 Å². The molecular weight excluding hydrogens is 562 g/mol. The van der Waals surface area contributed by atoms with Gasteiger partial charge in [-0.05, 0) is 51.2 Å². The monoisotopic (exact) mass is 601 g/mol. The third-order valence-corrected chi connectivity index (χ3v) is 8.63. The van der Waals surface area contributed by atoms with E-state index in [0.29, 0.717) is 49.2 Å². The van der Waals surface area contributed by atoms with Crippen LogP contribution in [0.5, 0.6) is 0 Å². The normalized spacial score (nSPS) is 26.5. The van der Waals surface area contributed by atoms with Crippen LogP contribution >= 0.6 is 11.6 Å². The van der Waals surface area contributed by atoms with Crippen LogP contribution in [0.4, 0.5) is 5.69 Å². The Labute approximate surface area is 251 Å². The number of unbranched alkanes of at least 4 members (excludes halogenated alkanes) is 1. The summed E-state index contributed by atoms with van der Waals surface area (Å²) in [6.45, 7) is 9.55. The van der Waals surface area contributed by atoms with E-state index in [1.807, 2.05) is 0 Å². The standard InChI is InChI=1S/C31H40ClN3O7/c1-4-6-13-24(37)33-19-20(3)41-30(40)25-23-14-15-31(42-23)26(25)28(38)35(17-9-10-18-36)27(31)29(39)34(16-5-2)22-12-8-7-11-21(22)32/h4-5,7-8,11-12,20,23,25-27,36H,1-2,6,9-10,13-19H2,3H3,(H,33,37)/t20-,23+,25-,26-,27+,31-/m0/s1. The highest BCUT2D eigenvalue weighted by atomic mass is 35.5. The van der Waals surface area contributed by atoms with Gasteiger partial charge in [0.25, 0.3) is 5.91 Å². The molecule has 1 spiro atoms. The Kier molecular flexibility index (Phi) is 10.5. The van der Waals surface area contributed by atoms with Crippen LogP contribution in [0, 0.1) is 11.8 Å². The molecule has 228 valence electrons. The predicted molar refractivity (Wildman–Crippen MR) is 158 cm³/mol. The number of amides is 3. The van der Waals surface area contributed by atoms with Gasteiger partial charge >= 0.3 is 5.97 Å². The first-order valence-electron chi connectivity index (χ1n) is 14.5.